The van der Waals surface area contributed by atoms with Crippen LogP contribution in [0.4, 0.5) is 11.6 Å². The Kier molecular flexibility index (Phi) is 8.95. The number of aromatic carboxylic acids is 1. The summed E-state index contributed by atoms with van der Waals surface area (Å²) >= 11 is 2.59. The number of thiazole rings is 2. The molecule has 8 heterocycles. The minimum Gasteiger partial charge on any atom is -0.477 e. The second kappa shape index (κ2) is 13.7. The van der Waals surface area contributed by atoms with Crippen molar-refractivity contribution in [2.45, 2.75) is 24.3 Å². The van der Waals surface area contributed by atoms with Crippen LogP contribution in [0, 0.1) is 0 Å². The summed E-state index contributed by atoms with van der Waals surface area (Å²) in [5.74, 6) is -1.08. The van der Waals surface area contributed by atoms with Crippen LogP contribution in [0.15, 0.2) is 69.4 Å². The summed E-state index contributed by atoms with van der Waals surface area (Å²) in [7, 11) is 3.36. The van der Waals surface area contributed by atoms with E-state index in [1.165, 1.54) is 45.7 Å². The van der Waals surface area contributed by atoms with Crippen molar-refractivity contribution >= 4 is 68.3 Å². The lowest BCUT2D eigenvalue weighted by Gasteiger charge is -2.20. The molecule has 0 amide bonds. The first-order valence-electron chi connectivity index (χ1n) is 16.5. The first kappa shape index (κ1) is 34.5. The van der Waals surface area contributed by atoms with E-state index in [1.807, 2.05) is 9.80 Å². The lowest BCUT2D eigenvalue weighted by molar-refractivity contribution is 0.0295. The van der Waals surface area contributed by atoms with Crippen molar-refractivity contribution in [3.63, 3.8) is 0 Å². The number of fused-ring (bicyclic) bond motifs is 2. The van der Waals surface area contributed by atoms with Gasteiger partial charge in [-0.1, -0.05) is 0 Å². The van der Waals surface area contributed by atoms with Crippen LogP contribution in [-0.4, -0.2) is 111 Å². The first-order valence-corrected chi connectivity index (χ1v) is 18.2. The summed E-state index contributed by atoms with van der Waals surface area (Å²) in [5, 5.41) is 17.7. The van der Waals surface area contributed by atoms with E-state index in [9.17, 15) is 24.3 Å². The maximum atomic E-state index is 13.9. The molecule has 4 N–H and O–H groups in total. The van der Waals surface area contributed by atoms with E-state index >= 15 is 0 Å². The van der Waals surface area contributed by atoms with E-state index in [0.717, 1.165) is 0 Å². The number of esters is 1. The molecular weight excluding hydrogens is 725 g/mol. The molecule has 0 bridgehead atoms. The van der Waals surface area contributed by atoms with Crippen molar-refractivity contribution in [1.82, 2.24) is 34.4 Å². The lowest BCUT2D eigenvalue weighted by atomic mass is 10.1. The standard InChI is InChI=1S/C34H32N10O7S2/c1-36-22-14-42(26-6-3-17-27(45)19(31(47)48)11-43(29(17)40-26)33-37-7-9-52-33)16-24(22)51-32(49)20-12-44(34-38-8-10-53-34)30-18(28(20)46)4-5-25(39-30)41-13-21(35)23(15-41)50-2/h3-12,21-24,36H,13-16,35H2,1-2H3,(H,47,48)/t21-,22-,23-,24-/m0/s1. The summed E-state index contributed by atoms with van der Waals surface area (Å²) in [6.07, 6.45) is 4.99. The fourth-order valence-electron chi connectivity index (χ4n) is 6.79. The van der Waals surface area contributed by atoms with Gasteiger partial charge in [0.2, 0.25) is 10.9 Å². The molecular formula is C34H32N10O7S2. The molecule has 17 nitrogen and oxygen atoms in total. The number of nitrogens with zero attached hydrogens (tertiary/aromatic N) is 8. The number of hydrogen-bond acceptors (Lipinski definition) is 16. The third-order valence-corrected chi connectivity index (χ3v) is 11.1. The second-order valence-corrected chi connectivity index (χ2v) is 14.3. The number of likely N-dealkylation sites (N-methyl/N-ethyl adjacent to an activating group) is 1. The Labute approximate surface area is 307 Å². The van der Waals surface area contributed by atoms with Gasteiger partial charge in [0.25, 0.3) is 0 Å². The van der Waals surface area contributed by atoms with Gasteiger partial charge in [0.05, 0.1) is 35.5 Å². The SMILES string of the molecule is CN[C@H]1CN(c2ccc3c(=O)c(C(=O)O)cn(-c4nccs4)c3n2)C[C@@H]1OC(=O)c1cn(-c2nccs2)c2nc(N3C[C@H](OC)[C@@H](N)C3)ccc2c1=O. The van der Waals surface area contributed by atoms with Gasteiger partial charge in [-0.2, -0.15) is 0 Å². The molecule has 0 aliphatic carbocycles. The number of nitrogens with one attached hydrogen (secondary N) is 1. The van der Waals surface area contributed by atoms with Crippen LogP contribution in [0.3, 0.4) is 0 Å². The molecule has 2 aliphatic heterocycles. The Hall–Kier alpha value is -5.60. The molecule has 2 fully saturated rings. The molecule has 0 aromatic carbocycles. The molecule has 6 aromatic rings. The smallest absolute Gasteiger partial charge is 0.344 e. The minimum absolute atomic E-state index is 0.119. The maximum absolute atomic E-state index is 13.9. The normalized spacial score (nSPS) is 20.1. The van der Waals surface area contributed by atoms with Gasteiger partial charge in [-0.25, -0.2) is 29.5 Å². The molecule has 0 radical (unpaired) electrons. The number of anilines is 2. The molecule has 2 aliphatic rings. The Bertz CT molecular complexity index is 2490. The average Bonchev–Trinajstić information content (AvgIpc) is 4.00. The van der Waals surface area contributed by atoms with Crippen LogP contribution in [0.2, 0.25) is 0 Å². The van der Waals surface area contributed by atoms with Gasteiger partial charge in [0.1, 0.15) is 28.9 Å². The number of ether oxygens (including phenoxy) is 2. The number of carboxylic acid groups (broad SMARTS) is 1. The van der Waals surface area contributed by atoms with Crippen LogP contribution < -0.4 is 31.7 Å². The molecule has 19 heteroatoms. The van der Waals surface area contributed by atoms with E-state index in [1.54, 1.807) is 60.1 Å². The van der Waals surface area contributed by atoms with E-state index in [0.29, 0.717) is 47.2 Å². The number of nitrogens with two attached hydrogens (primary N) is 1. The Morgan fingerprint density at radius 1 is 0.830 bits per heavy atom. The van der Waals surface area contributed by atoms with Gasteiger partial charge in [-0.05, 0) is 31.3 Å². The van der Waals surface area contributed by atoms with Gasteiger partial charge in [-0.15, -0.1) is 22.7 Å². The zero-order chi connectivity index (χ0) is 37.0. The molecule has 272 valence electrons. The number of pyridine rings is 4. The minimum atomic E-state index is -1.36. The largest absolute Gasteiger partial charge is 0.477 e. The molecule has 4 atom stereocenters. The summed E-state index contributed by atoms with van der Waals surface area (Å²) in [5.41, 5.74) is 5.05. The third kappa shape index (κ3) is 6.11. The number of methoxy groups -OCH3 is 1. The van der Waals surface area contributed by atoms with Crippen molar-refractivity contribution in [1.29, 1.82) is 0 Å². The molecule has 2 saturated heterocycles. The predicted octanol–water partition coefficient (Wildman–Crippen LogP) is 1.49. The Morgan fingerprint density at radius 2 is 1.38 bits per heavy atom. The highest BCUT2D eigenvalue weighted by Gasteiger charge is 2.37. The van der Waals surface area contributed by atoms with Crippen LogP contribution in [0.1, 0.15) is 20.7 Å². The van der Waals surface area contributed by atoms with Crippen LogP contribution in [0.5, 0.6) is 0 Å². The molecule has 53 heavy (non-hydrogen) atoms. The highest BCUT2D eigenvalue weighted by molar-refractivity contribution is 7.12. The predicted molar refractivity (Wildman–Crippen MR) is 198 cm³/mol. The van der Waals surface area contributed by atoms with Gasteiger partial charge in [0, 0.05) is 62.3 Å². The van der Waals surface area contributed by atoms with Gasteiger partial charge in [0.15, 0.2) is 21.6 Å². The van der Waals surface area contributed by atoms with E-state index in [2.05, 4.69) is 15.3 Å². The topological polar surface area (TPSA) is 213 Å². The summed E-state index contributed by atoms with van der Waals surface area (Å²) in [6, 6.07) is 6.00. The number of carbonyl (C=O) groups excluding carboxylic acids is 1. The lowest BCUT2D eigenvalue weighted by Crippen LogP contribution is -2.40. The zero-order valence-corrected chi connectivity index (χ0v) is 29.9. The van der Waals surface area contributed by atoms with Crippen LogP contribution >= 0.6 is 22.7 Å². The molecule has 6 aromatic heterocycles. The average molecular weight is 757 g/mol. The molecule has 0 spiro atoms. The number of aromatic nitrogens is 6. The van der Waals surface area contributed by atoms with Gasteiger partial charge in [-0.3, -0.25) is 18.7 Å². The van der Waals surface area contributed by atoms with Crippen molar-refractivity contribution in [2.24, 2.45) is 5.73 Å². The summed E-state index contributed by atoms with van der Waals surface area (Å²) in [6.45, 7) is 1.66. The van der Waals surface area contributed by atoms with Crippen molar-refractivity contribution in [3.05, 3.63) is 91.4 Å². The van der Waals surface area contributed by atoms with Crippen molar-refractivity contribution in [2.75, 3.05) is 50.1 Å². The van der Waals surface area contributed by atoms with Gasteiger partial charge >= 0.3 is 11.9 Å². The van der Waals surface area contributed by atoms with E-state index in [4.69, 9.17) is 25.2 Å². The quantitative estimate of drug-likeness (QED) is 0.178. The van der Waals surface area contributed by atoms with E-state index < -0.39 is 34.5 Å². The fourth-order valence-corrected chi connectivity index (χ4v) is 8.03. The zero-order valence-electron chi connectivity index (χ0n) is 28.3. The Morgan fingerprint density at radius 3 is 1.89 bits per heavy atom. The van der Waals surface area contributed by atoms with E-state index in [-0.39, 0.29) is 46.7 Å². The number of rotatable bonds is 9. The number of carbonyl (C=O) groups is 2. The molecule has 0 saturated carbocycles. The number of carboxylic acids is 1. The van der Waals surface area contributed by atoms with Crippen molar-refractivity contribution in [3.8, 4) is 10.3 Å². The number of hydrogen-bond donors (Lipinski definition) is 3. The highest BCUT2D eigenvalue weighted by atomic mass is 32.1. The summed E-state index contributed by atoms with van der Waals surface area (Å²) in [4.78, 5) is 74.9. The molecule has 0 unspecified atom stereocenters. The van der Waals surface area contributed by atoms with Crippen molar-refractivity contribution < 1.29 is 24.2 Å². The molecule has 8 rings (SSSR count). The first-order chi connectivity index (χ1) is 25.6. The third-order valence-electron chi connectivity index (χ3n) is 9.53. The highest BCUT2D eigenvalue weighted by Crippen LogP contribution is 2.27. The second-order valence-electron chi connectivity index (χ2n) is 12.6. The van der Waals surface area contributed by atoms with Crippen LogP contribution in [0.25, 0.3) is 32.3 Å². The fraction of sp³-hybridized carbons (Fsp3) is 0.294. The maximum Gasteiger partial charge on any atom is 0.344 e. The Balaban J connectivity index is 1.11. The monoisotopic (exact) mass is 756 g/mol. The van der Waals surface area contributed by atoms with Gasteiger partial charge < -0.3 is 35.4 Å². The summed E-state index contributed by atoms with van der Waals surface area (Å²) < 4.78 is 14.7. The van der Waals surface area contributed by atoms with Crippen LogP contribution in [-0.2, 0) is 9.47 Å².